The summed E-state index contributed by atoms with van der Waals surface area (Å²) in [7, 11) is 1.43. The van der Waals surface area contributed by atoms with Crippen molar-refractivity contribution in [2.24, 2.45) is 0 Å². The molecule has 2 unspecified atom stereocenters. The highest BCUT2D eigenvalue weighted by Gasteiger charge is 2.21. The van der Waals surface area contributed by atoms with Gasteiger partial charge >= 0.3 is 5.97 Å². The lowest BCUT2D eigenvalue weighted by atomic mass is 9.99. The average Bonchev–Trinajstić information content (AvgIpc) is 2.53. The van der Waals surface area contributed by atoms with Gasteiger partial charge in [0.1, 0.15) is 0 Å². The summed E-state index contributed by atoms with van der Waals surface area (Å²) in [5.74, 6) is -0.460. The Morgan fingerprint density at radius 2 is 2.20 bits per heavy atom. The van der Waals surface area contributed by atoms with Crippen molar-refractivity contribution in [3.8, 4) is 0 Å². The van der Waals surface area contributed by atoms with Crippen LogP contribution in [0.1, 0.15) is 30.7 Å². The largest absolute Gasteiger partial charge is 0.469 e. The lowest BCUT2D eigenvalue weighted by molar-refractivity contribution is -0.142. The minimum atomic E-state index is -0.259. The summed E-state index contributed by atoms with van der Waals surface area (Å²) in [5.41, 5.74) is 0.983. The topological polar surface area (TPSA) is 47.6 Å². The Balaban J connectivity index is 1.86. The maximum absolute atomic E-state index is 11.9. The predicted octanol–water partition coefficient (Wildman–Crippen LogP) is 2.10. The van der Waals surface area contributed by atoms with Gasteiger partial charge in [0.05, 0.1) is 19.1 Å². The molecule has 0 aromatic heterocycles. The molecule has 1 aliphatic rings. The van der Waals surface area contributed by atoms with Crippen LogP contribution in [0.15, 0.2) is 30.3 Å². The maximum Gasteiger partial charge on any atom is 0.314 e. The van der Waals surface area contributed by atoms with Crippen LogP contribution in [0, 0.1) is 0 Å². The third-order valence-electron chi connectivity index (χ3n) is 3.68. The van der Waals surface area contributed by atoms with Crippen LogP contribution in [0.2, 0.25) is 0 Å². The second-order valence-corrected chi connectivity index (χ2v) is 5.13. The highest BCUT2D eigenvalue weighted by Crippen LogP contribution is 2.17. The van der Waals surface area contributed by atoms with E-state index in [0.717, 1.165) is 31.6 Å². The summed E-state index contributed by atoms with van der Waals surface area (Å²) in [6, 6.07) is 9.74. The number of rotatable bonds is 6. The highest BCUT2D eigenvalue weighted by molar-refractivity contribution is 5.78. The molecule has 0 spiro atoms. The number of carbonyl (C=O) groups is 1. The van der Waals surface area contributed by atoms with E-state index < -0.39 is 0 Å². The first-order chi connectivity index (χ1) is 9.81. The zero-order valence-electron chi connectivity index (χ0n) is 12.0. The zero-order chi connectivity index (χ0) is 14.2. The van der Waals surface area contributed by atoms with Gasteiger partial charge in [0.25, 0.3) is 0 Å². The third-order valence-corrected chi connectivity index (χ3v) is 3.68. The molecule has 2 atom stereocenters. The lowest BCUT2D eigenvalue weighted by Crippen LogP contribution is -2.35. The molecule has 1 aromatic carbocycles. The fourth-order valence-corrected chi connectivity index (χ4v) is 2.52. The number of nitrogens with one attached hydrogen (secondary N) is 1. The molecular weight excluding hydrogens is 254 g/mol. The number of benzene rings is 1. The van der Waals surface area contributed by atoms with Crippen LogP contribution in [-0.2, 0) is 14.3 Å². The maximum atomic E-state index is 11.9. The summed E-state index contributed by atoms with van der Waals surface area (Å²) in [6.07, 6.45) is 3.76. The van der Waals surface area contributed by atoms with E-state index in [0.29, 0.717) is 6.54 Å². The number of hydrogen-bond donors (Lipinski definition) is 1. The quantitative estimate of drug-likeness (QED) is 0.809. The molecule has 0 radical (unpaired) electrons. The van der Waals surface area contributed by atoms with E-state index in [9.17, 15) is 4.79 Å². The monoisotopic (exact) mass is 277 g/mol. The van der Waals surface area contributed by atoms with Gasteiger partial charge in [-0.2, -0.15) is 0 Å². The van der Waals surface area contributed by atoms with Crippen LogP contribution >= 0.6 is 0 Å². The van der Waals surface area contributed by atoms with Crippen molar-refractivity contribution < 1.29 is 14.3 Å². The van der Waals surface area contributed by atoms with Crippen molar-refractivity contribution in [3.63, 3.8) is 0 Å². The van der Waals surface area contributed by atoms with E-state index in [1.54, 1.807) is 0 Å². The number of methoxy groups -OCH3 is 1. The average molecular weight is 277 g/mol. The molecule has 0 bridgehead atoms. The molecule has 20 heavy (non-hydrogen) atoms. The van der Waals surface area contributed by atoms with E-state index in [-0.39, 0.29) is 18.0 Å². The van der Waals surface area contributed by atoms with Gasteiger partial charge in [0, 0.05) is 19.7 Å². The number of hydrogen-bond acceptors (Lipinski definition) is 4. The Kier molecular flexibility index (Phi) is 6.02. The van der Waals surface area contributed by atoms with Crippen molar-refractivity contribution in [2.45, 2.75) is 31.3 Å². The van der Waals surface area contributed by atoms with Gasteiger partial charge in [-0.3, -0.25) is 4.79 Å². The second-order valence-electron chi connectivity index (χ2n) is 5.13. The molecule has 110 valence electrons. The molecule has 0 saturated carbocycles. The first-order valence-electron chi connectivity index (χ1n) is 7.26. The van der Waals surface area contributed by atoms with Gasteiger partial charge in [0.15, 0.2) is 0 Å². The molecule has 1 aliphatic heterocycles. The molecule has 1 fully saturated rings. The number of esters is 1. The second kappa shape index (κ2) is 8.02. The number of carbonyl (C=O) groups excluding carboxylic acids is 1. The molecule has 4 heteroatoms. The van der Waals surface area contributed by atoms with Crippen LogP contribution < -0.4 is 5.32 Å². The fourth-order valence-electron chi connectivity index (χ4n) is 2.52. The minimum Gasteiger partial charge on any atom is -0.469 e. The van der Waals surface area contributed by atoms with Gasteiger partial charge in [-0.05, 0) is 24.8 Å². The molecule has 0 amide bonds. The van der Waals surface area contributed by atoms with E-state index in [4.69, 9.17) is 9.47 Å². The zero-order valence-corrected chi connectivity index (χ0v) is 12.0. The molecule has 2 rings (SSSR count). The summed E-state index contributed by atoms with van der Waals surface area (Å²) in [5, 5.41) is 3.34. The first-order valence-corrected chi connectivity index (χ1v) is 7.26. The van der Waals surface area contributed by atoms with Crippen molar-refractivity contribution in [2.75, 3.05) is 26.8 Å². The molecule has 0 aliphatic carbocycles. The van der Waals surface area contributed by atoms with Gasteiger partial charge < -0.3 is 14.8 Å². The van der Waals surface area contributed by atoms with Crippen molar-refractivity contribution in [1.82, 2.24) is 5.32 Å². The summed E-state index contributed by atoms with van der Waals surface area (Å²) < 4.78 is 10.6. The standard InChI is InChI=1S/C16H23NO3/c1-19-16(18)15(13-7-3-2-4-8-13)12-17-11-14-9-5-6-10-20-14/h2-4,7-8,14-15,17H,5-6,9-12H2,1H3. The van der Waals surface area contributed by atoms with Crippen LogP contribution in [0.4, 0.5) is 0 Å². The van der Waals surface area contributed by atoms with E-state index in [2.05, 4.69) is 5.32 Å². The van der Waals surface area contributed by atoms with Crippen LogP contribution in [0.5, 0.6) is 0 Å². The summed E-state index contributed by atoms with van der Waals surface area (Å²) in [6.45, 7) is 2.22. The lowest BCUT2D eigenvalue weighted by Gasteiger charge is -2.24. The molecule has 1 aromatic rings. The van der Waals surface area contributed by atoms with Crippen LogP contribution in [0.25, 0.3) is 0 Å². The Hall–Kier alpha value is -1.39. The van der Waals surface area contributed by atoms with E-state index >= 15 is 0 Å². The van der Waals surface area contributed by atoms with E-state index in [1.807, 2.05) is 30.3 Å². The smallest absolute Gasteiger partial charge is 0.314 e. The van der Waals surface area contributed by atoms with Crippen molar-refractivity contribution in [1.29, 1.82) is 0 Å². The Morgan fingerprint density at radius 3 is 2.85 bits per heavy atom. The molecule has 1 N–H and O–H groups in total. The van der Waals surface area contributed by atoms with Crippen LogP contribution in [-0.4, -0.2) is 38.9 Å². The predicted molar refractivity (Wildman–Crippen MR) is 77.7 cm³/mol. The third kappa shape index (κ3) is 4.32. The van der Waals surface area contributed by atoms with Gasteiger partial charge in [0.2, 0.25) is 0 Å². The van der Waals surface area contributed by atoms with Gasteiger partial charge in [-0.25, -0.2) is 0 Å². The fraction of sp³-hybridized carbons (Fsp3) is 0.562. The molecule has 4 nitrogen and oxygen atoms in total. The van der Waals surface area contributed by atoms with Gasteiger partial charge in [-0.1, -0.05) is 30.3 Å². The van der Waals surface area contributed by atoms with Crippen LogP contribution in [0.3, 0.4) is 0 Å². The van der Waals surface area contributed by atoms with E-state index in [1.165, 1.54) is 13.5 Å². The first kappa shape index (κ1) is 15.0. The Morgan fingerprint density at radius 1 is 1.40 bits per heavy atom. The minimum absolute atomic E-state index is 0.201. The summed E-state index contributed by atoms with van der Waals surface area (Å²) >= 11 is 0. The normalized spacial score (nSPS) is 20.4. The molecule has 1 saturated heterocycles. The highest BCUT2D eigenvalue weighted by atomic mass is 16.5. The molecule has 1 heterocycles. The van der Waals surface area contributed by atoms with Gasteiger partial charge in [-0.15, -0.1) is 0 Å². The SMILES string of the molecule is COC(=O)C(CNCC1CCCCO1)c1ccccc1. The molecular formula is C16H23NO3. The van der Waals surface area contributed by atoms with Crippen molar-refractivity contribution in [3.05, 3.63) is 35.9 Å². The summed E-state index contributed by atoms with van der Waals surface area (Å²) in [4.78, 5) is 11.9. The van der Waals surface area contributed by atoms with Crippen molar-refractivity contribution >= 4 is 5.97 Å². The Bertz CT molecular complexity index is 401. The number of ether oxygens (including phenoxy) is 2. The Labute approximate surface area is 120 Å².